The van der Waals surface area contributed by atoms with Gasteiger partial charge in [-0.25, -0.2) is 0 Å². The Bertz CT molecular complexity index is 369. The summed E-state index contributed by atoms with van der Waals surface area (Å²) in [5.41, 5.74) is 1.98. The van der Waals surface area contributed by atoms with E-state index in [1.807, 2.05) is 19.1 Å². The second-order valence-corrected chi connectivity index (χ2v) is 5.61. The lowest BCUT2D eigenvalue weighted by Crippen LogP contribution is -2.42. The molecule has 0 aliphatic heterocycles. The average molecular weight is 237 g/mol. The van der Waals surface area contributed by atoms with Gasteiger partial charge < -0.3 is 15.5 Å². The molecule has 0 saturated heterocycles. The number of hydrogen-bond donors (Lipinski definition) is 3. The summed E-state index contributed by atoms with van der Waals surface area (Å²) in [6, 6.07) is 5.56. The summed E-state index contributed by atoms with van der Waals surface area (Å²) in [5.74, 6) is 0.300. The molecule has 0 saturated carbocycles. The summed E-state index contributed by atoms with van der Waals surface area (Å²) in [4.78, 5) is 0. The Kier molecular flexibility index (Phi) is 4.54. The minimum atomic E-state index is -0.00576. The first-order valence-electron chi connectivity index (χ1n) is 5.97. The van der Waals surface area contributed by atoms with Gasteiger partial charge in [-0.05, 0) is 18.4 Å². The van der Waals surface area contributed by atoms with Crippen molar-refractivity contribution in [3.05, 3.63) is 29.3 Å². The molecule has 0 unspecified atom stereocenters. The third-order valence-corrected chi connectivity index (χ3v) is 3.00. The van der Waals surface area contributed by atoms with Crippen molar-refractivity contribution in [2.75, 3.05) is 6.61 Å². The van der Waals surface area contributed by atoms with Gasteiger partial charge >= 0.3 is 0 Å². The van der Waals surface area contributed by atoms with E-state index in [0.29, 0.717) is 12.3 Å². The van der Waals surface area contributed by atoms with Crippen molar-refractivity contribution in [2.45, 2.75) is 40.3 Å². The minimum Gasteiger partial charge on any atom is -0.508 e. The highest BCUT2D eigenvalue weighted by atomic mass is 16.3. The van der Waals surface area contributed by atoms with Crippen molar-refractivity contribution >= 4 is 0 Å². The largest absolute Gasteiger partial charge is 0.508 e. The molecular weight excluding hydrogens is 214 g/mol. The molecule has 0 bridgehead atoms. The van der Waals surface area contributed by atoms with Crippen LogP contribution in [0.15, 0.2) is 18.2 Å². The third-order valence-electron chi connectivity index (χ3n) is 3.00. The van der Waals surface area contributed by atoms with Gasteiger partial charge in [0, 0.05) is 18.2 Å². The molecule has 17 heavy (non-hydrogen) atoms. The maximum absolute atomic E-state index is 9.72. The SMILES string of the molecule is Cc1ccc(O)c(CN[C@H](CO)C(C)(C)C)c1. The fourth-order valence-electron chi connectivity index (χ4n) is 1.73. The van der Waals surface area contributed by atoms with Gasteiger partial charge in [-0.3, -0.25) is 0 Å². The van der Waals surface area contributed by atoms with Crippen LogP contribution in [0, 0.1) is 12.3 Å². The van der Waals surface area contributed by atoms with Gasteiger partial charge in [0.1, 0.15) is 5.75 Å². The predicted molar refractivity (Wildman–Crippen MR) is 70.0 cm³/mol. The van der Waals surface area contributed by atoms with Crippen LogP contribution in [0.3, 0.4) is 0 Å². The fraction of sp³-hybridized carbons (Fsp3) is 0.571. The van der Waals surface area contributed by atoms with Gasteiger partial charge in [-0.2, -0.15) is 0 Å². The van der Waals surface area contributed by atoms with Crippen molar-refractivity contribution < 1.29 is 10.2 Å². The number of phenols is 1. The number of aryl methyl sites for hydroxylation is 1. The molecule has 0 aromatic heterocycles. The second kappa shape index (κ2) is 5.52. The zero-order valence-electron chi connectivity index (χ0n) is 11.1. The molecular formula is C14H23NO2. The number of aliphatic hydroxyl groups excluding tert-OH is 1. The van der Waals surface area contributed by atoms with E-state index in [2.05, 4.69) is 26.1 Å². The first-order chi connectivity index (χ1) is 7.84. The molecule has 0 aliphatic carbocycles. The Morgan fingerprint density at radius 2 is 1.94 bits per heavy atom. The lowest BCUT2D eigenvalue weighted by molar-refractivity contribution is 0.157. The maximum atomic E-state index is 9.72. The van der Waals surface area contributed by atoms with Crippen LogP contribution in [0.2, 0.25) is 0 Å². The Labute approximate surface area is 103 Å². The standard InChI is InChI=1S/C14H23NO2/c1-10-5-6-12(17)11(7-10)8-15-13(9-16)14(2,3)4/h5-7,13,15-17H,8-9H2,1-4H3/t13-/m1/s1. The monoisotopic (exact) mass is 237 g/mol. The number of nitrogens with one attached hydrogen (secondary N) is 1. The van der Waals surface area contributed by atoms with Gasteiger partial charge in [-0.15, -0.1) is 0 Å². The third kappa shape index (κ3) is 4.02. The molecule has 3 nitrogen and oxygen atoms in total. The molecule has 0 spiro atoms. The molecule has 0 radical (unpaired) electrons. The molecule has 0 amide bonds. The summed E-state index contributed by atoms with van der Waals surface area (Å²) >= 11 is 0. The van der Waals surface area contributed by atoms with Crippen LogP contribution in [0.1, 0.15) is 31.9 Å². The van der Waals surface area contributed by atoms with Gasteiger partial charge in [0.2, 0.25) is 0 Å². The molecule has 3 N–H and O–H groups in total. The lowest BCUT2D eigenvalue weighted by Gasteiger charge is -2.30. The van der Waals surface area contributed by atoms with E-state index in [-0.39, 0.29) is 18.1 Å². The van der Waals surface area contributed by atoms with Crippen molar-refractivity contribution in [3.63, 3.8) is 0 Å². The summed E-state index contributed by atoms with van der Waals surface area (Å²) in [7, 11) is 0. The van der Waals surface area contributed by atoms with E-state index < -0.39 is 0 Å². The Morgan fingerprint density at radius 3 is 2.47 bits per heavy atom. The zero-order chi connectivity index (χ0) is 13.1. The summed E-state index contributed by atoms with van der Waals surface area (Å²) in [6.45, 7) is 8.90. The molecule has 1 atom stereocenters. The van der Waals surface area contributed by atoms with Crippen molar-refractivity contribution in [2.24, 2.45) is 5.41 Å². The topological polar surface area (TPSA) is 52.5 Å². The van der Waals surface area contributed by atoms with Gasteiger partial charge in [0.15, 0.2) is 0 Å². The van der Waals surface area contributed by atoms with E-state index >= 15 is 0 Å². The molecule has 96 valence electrons. The van der Waals surface area contributed by atoms with Crippen LogP contribution < -0.4 is 5.32 Å². The number of aromatic hydroxyl groups is 1. The lowest BCUT2D eigenvalue weighted by atomic mass is 9.87. The van der Waals surface area contributed by atoms with E-state index in [0.717, 1.165) is 11.1 Å². The average Bonchev–Trinajstić information content (AvgIpc) is 2.22. The quantitative estimate of drug-likeness (QED) is 0.752. The van der Waals surface area contributed by atoms with Gasteiger partial charge in [0.05, 0.1) is 6.61 Å². The molecule has 1 aromatic rings. The van der Waals surface area contributed by atoms with Crippen LogP contribution in [0.4, 0.5) is 0 Å². The first kappa shape index (κ1) is 14.0. The highest BCUT2D eigenvalue weighted by Gasteiger charge is 2.23. The zero-order valence-corrected chi connectivity index (χ0v) is 11.1. The number of benzene rings is 1. The number of rotatable bonds is 4. The highest BCUT2D eigenvalue weighted by Crippen LogP contribution is 2.21. The Morgan fingerprint density at radius 1 is 1.29 bits per heavy atom. The maximum Gasteiger partial charge on any atom is 0.120 e. The minimum absolute atomic E-state index is 0.00576. The number of hydrogen-bond acceptors (Lipinski definition) is 3. The van der Waals surface area contributed by atoms with Gasteiger partial charge in [-0.1, -0.05) is 38.5 Å². The fourth-order valence-corrected chi connectivity index (χ4v) is 1.73. The normalized spacial score (nSPS) is 13.7. The van der Waals surface area contributed by atoms with Crippen LogP contribution >= 0.6 is 0 Å². The second-order valence-electron chi connectivity index (χ2n) is 5.61. The molecule has 3 heteroatoms. The molecule has 1 rings (SSSR count). The Balaban J connectivity index is 2.69. The first-order valence-corrected chi connectivity index (χ1v) is 5.97. The van der Waals surface area contributed by atoms with Crippen LogP contribution in [-0.2, 0) is 6.54 Å². The summed E-state index contributed by atoms with van der Waals surface area (Å²) in [5, 5.41) is 22.3. The smallest absolute Gasteiger partial charge is 0.120 e. The van der Waals surface area contributed by atoms with Crippen LogP contribution in [0.5, 0.6) is 5.75 Å². The van der Waals surface area contributed by atoms with E-state index in [1.165, 1.54) is 0 Å². The summed E-state index contributed by atoms with van der Waals surface area (Å²) in [6.07, 6.45) is 0. The van der Waals surface area contributed by atoms with Crippen LogP contribution in [-0.4, -0.2) is 22.9 Å². The predicted octanol–water partition coefficient (Wildman–Crippen LogP) is 2.20. The van der Waals surface area contributed by atoms with Crippen molar-refractivity contribution in [1.29, 1.82) is 0 Å². The van der Waals surface area contributed by atoms with E-state index in [9.17, 15) is 10.2 Å². The molecule has 0 heterocycles. The van der Waals surface area contributed by atoms with Crippen molar-refractivity contribution in [3.8, 4) is 5.75 Å². The van der Waals surface area contributed by atoms with E-state index in [4.69, 9.17) is 0 Å². The van der Waals surface area contributed by atoms with Crippen molar-refractivity contribution in [1.82, 2.24) is 5.32 Å². The molecule has 0 aliphatic rings. The number of aliphatic hydroxyl groups is 1. The van der Waals surface area contributed by atoms with E-state index in [1.54, 1.807) is 6.07 Å². The Hall–Kier alpha value is -1.06. The molecule has 1 aromatic carbocycles. The number of phenolic OH excluding ortho intramolecular Hbond substituents is 1. The molecule has 0 fully saturated rings. The van der Waals surface area contributed by atoms with Gasteiger partial charge in [0.25, 0.3) is 0 Å². The summed E-state index contributed by atoms with van der Waals surface area (Å²) < 4.78 is 0. The highest BCUT2D eigenvalue weighted by molar-refractivity contribution is 5.35. The van der Waals surface area contributed by atoms with Crippen LogP contribution in [0.25, 0.3) is 0 Å².